The molecule has 1 N–H and O–H groups in total. The van der Waals surface area contributed by atoms with Crippen molar-refractivity contribution in [3.8, 4) is 0 Å². The van der Waals surface area contributed by atoms with E-state index in [4.69, 9.17) is 0 Å². The van der Waals surface area contributed by atoms with Gasteiger partial charge >= 0.3 is 0 Å². The number of nitrogens with zero attached hydrogens (tertiary/aromatic N) is 1. The molecule has 0 aliphatic carbocycles. The molecule has 20 heavy (non-hydrogen) atoms. The fourth-order valence-corrected chi connectivity index (χ4v) is 2.29. The van der Waals surface area contributed by atoms with Gasteiger partial charge in [0.05, 0.1) is 11.3 Å². The second-order valence-corrected chi connectivity index (χ2v) is 5.63. The molecule has 2 rings (SSSR count). The van der Waals surface area contributed by atoms with E-state index in [0.29, 0.717) is 5.56 Å². The zero-order valence-electron chi connectivity index (χ0n) is 11.3. The van der Waals surface area contributed by atoms with Gasteiger partial charge in [0.25, 0.3) is 5.91 Å². The Morgan fingerprint density at radius 2 is 1.80 bits per heavy atom. The van der Waals surface area contributed by atoms with E-state index in [1.54, 1.807) is 11.9 Å². The minimum Gasteiger partial charge on any atom is -0.322 e. The largest absolute Gasteiger partial charge is 0.322 e. The maximum Gasteiger partial charge on any atom is 0.257 e. The average molecular weight is 304 g/mol. The van der Waals surface area contributed by atoms with Crippen LogP contribution in [-0.4, -0.2) is 19.2 Å². The quantitative estimate of drug-likeness (QED) is 0.663. The zero-order valence-corrected chi connectivity index (χ0v) is 13.0. The van der Waals surface area contributed by atoms with Gasteiger partial charge < -0.3 is 9.62 Å². The lowest BCUT2D eigenvalue weighted by Gasteiger charge is -2.18. The van der Waals surface area contributed by atoms with Gasteiger partial charge in [0.15, 0.2) is 0 Å². The second-order valence-electron chi connectivity index (χ2n) is 4.20. The highest BCUT2D eigenvalue weighted by atomic mass is 32.2. The van der Waals surface area contributed by atoms with Crippen LogP contribution in [0.15, 0.2) is 53.4 Å². The summed E-state index contributed by atoms with van der Waals surface area (Å²) in [5, 5.41) is 2.90. The summed E-state index contributed by atoms with van der Waals surface area (Å²) in [4.78, 5) is 13.2. The Morgan fingerprint density at radius 3 is 2.45 bits per heavy atom. The summed E-state index contributed by atoms with van der Waals surface area (Å²) in [7, 11) is 1.94. The molecule has 0 unspecified atom stereocenters. The van der Waals surface area contributed by atoms with Crippen LogP contribution in [-0.2, 0) is 0 Å². The van der Waals surface area contributed by atoms with Crippen molar-refractivity contribution in [3.63, 3.8) is 0 Å². The fourth-order valence-electron chi connectivity index (χ4n) is 1.78. The molecule has 0 spiro atoms. The van der Waals surface area contributed by atoms with Crippen molar-refractivity contribution >= 4 is 41.9 Å². The highest BCUT2D eigenvalue weighted by molar-refractivity contribution is 7.99. The summed E-state index contributed by atoms with van der Waals surface area (Å²) in [6.45, 7) is 0. The lowest BCUT2D eigenvalue weighted by molar-refractivity contribution is 0.102. The number of nitrogens with one attached hydrogen (secondary N) is 1. The van der Waals surface area contributed by atoms with Crippen LogP contribution in [0.2, 0.25) is 0 Å². The highest BCUT2D eigenvalue weighted by Crippen LogP contribution is 2.24. The van der Waals surface area contributed by atoms with Crippen LogP contribution >= 0.6 is 24.6 Å². The van der Waals surface area contributed by atoms with E-state index in [2.05, 4.69) is 17.9 Å². The first kappa shape index (κ1) is 14.8. The van der Waals surface area contributed by atoms with Gasteiger partial charge in [0.2, 0.25) is 0 Å². The molecule has 0 saturated carbocycles. The number of amides is 1. The van der Waals surface area contributed by atoms with Crippen LogP contribution in [0.1, 0.15) is 10.4 Å². The standard InChI is InChI=1S/C15H16N2OS2/c1-17(20-2)14-6-4-3-5-13(14)15(18)16-11-7-9-12(19)10-8-11/h3-10,19H,1-2H3,(H,16,18). The first-order chi connectivity index (χ1) is 9.61. The average Bonchev–Trinajstić information content (AvgIpc) is 2.48. The van der Waals surface area contributed by atoms with Gasteiger partial charge in [-0.1, -0.05) is 24.1 Å². The normalized spacial score (nSPS) is 10.2. The topological polar surface area (TPSA) is 32.3 Å². The highest BCUT2D eigenvalue weighted by Gasteiger charge is 2.13. The number of anilines is 2. The van der Waals surface area contributed by atoms with E-state index in [9.17, 15) is 4.79 Å². The maximum absolute atomic E-state index is 12.4. The number of hydrogen-bond donors (Lipinski definition) is 2. The van der Waals surface area contributed by atoms with E-state index in [0.717, 1.165) is 16.3 Å². The molecular weight excluding hydrogens is 288 g/mol. The van der Waals surface area contributed by atoms with Gasteiger partial charge in [-0.2, -0.15) is 0 Å². The van der Waals surface area contributed by atoms with Gasteiger partial charge in [0, 0.05) is 23.9 Å². The number of hydrogen-bond acceptors (Lipinski definition) is 4. The van der Waals surface area contributed by atoms with Gasteiger partial charge in [0.1, 0.15) is 0 Å². The molecule has 0 heterocycles. The molecule has 2 aromatic rings. The van der Waals surface area contributed by atoms with Crippen molar-refractivity contribution in [1.82, 2.24) is 0 Å². The van der Waals surface area contributed by atoms with Crippen LogP contribution in [0.5, 0.6) is 0 Å². The van der Waals surface area contributed by atoms with E-state index in [1.807, 2.05) is 66.1 Å². The third-order valence-electron chi connectivity index (χ3n) is 2.89. The first-order valence-electron chi connectivity index (χ1n) is 6.09. The van der Waals surface area contributed by atoms with Gasteiger partial charge in [-0.05, 0) is 36.4 Å². The smallest absolute Gasteiger partial charge is 0.257 e. The van der Waals surface area contributed by atoms with Gasteiger partial charge in [-0.15, -0.1) is 12.6 Å². The second kappa shape index (κ2) is 6.72. The monoisotopic (exact) mass is 304 g/mol. The predicted molar refractivity (Wildman–Crippen MR) is 90.0 cm³/mol. The number of rotatable bonds is 4. The lowest BCUT2D eigenvalue weighted by atomic mass is 10.1. The number of carbonyl (C=O) groups is 1. The van der Waals surface area contributed by atoms with Crippen LogP contribution in [0.4, 0.5) is 11.4 Å². The summed E-state index contributed by atoms with van der Waals surface area (Å²) in [6, 6.07) is 14.9. The number of para-hydroxylation sites is 1. The molecule has 5 heteroatoms. The molecule has 0 atom stereocenters. The fraction of sp³-hybridized carbons (Fsp3) is 0.133. The van der Waals surface area contributed by atoms with Crippen LogP contribution in [0.25, 0.3) is 0 Å². The molecule has 0 aliphatic rings. The molecule has 1 amide bonds. The Morgan fingerprint density at radius 1 is 1.15 bits per heavy atom. The number of carbonyl (C=O) groups excluding carboxylic acids is 1. The van der Waals surface area contributed by atoms with Crippen molar-refractivity contribution in [2.75, 3.05) is 22.9 Å². The number of benzene rings is 2. The van der Waals surface area contributed by atoms with E-state index < -0.39 is 0 Å². The molecule has 0 fully saturated rings. The van der Waals surface area contributed by atoms with Crippen LogP contribution in [0, 0.1) is 0 Å². The molecule has 0 radical (unpaired) electrons. The van der Waals surface area contributed by atoms with Crippen LogP contribution in [0.3, 0.4) is 0 Å². The summed E-state index contributed by atoms with van der Waals surface area (Å²) in [5.74, 6) is -0.117. The van der Waals surface area contributed by atoms with Crippen molar-refractivity contribution < 1.29 is 4.79 Å². The molecular formula is C15H16N2OS2. The summed E-state index contributed by atoms with van der Waals surface area (Å²) < 4.78 is 1.96. The molecule has 0 saturated heterocycles. The van der Waals surface area contributed by atoms with Crippen molar-refractivity contribution in [1.29, 1.82) is 0 Å². The molecule has 0 aliphatic heterocycles. The predicted octanol–water partition coefficient (Wildman–Crippen LogP) is 3.94. The van der Waals surface area contributed by atoms with Crippen molar-refractivity contribution in [3.05, 3.63) is 54.1 Å². The molecule has 0 aromatic heterocycles. The van der Waals surface area contributed by atoms with E-state index in [-0.39, 0.29) is 5.91 Å². The van der Waals surface area contributed by atoms with Crippen molar-refractivity contribution in [2.45, 2.75) is 4.90 Å². The third-order valence-corrected chi connectivity index (χ3v) is 3.93. The van der Waals surface area contributed by atoms with E-state index in [1.165, 1.54) is 0 Å². The summed E-state index contributed by atoms with van der Waals surface area (Å²) in [5.41, 5.74) is 2.30. The number of thiol groups is 1. The molecule has 104 valence electrons. The lowest BCUT2D eigenvalue weighted by Crippen LogP contribution is -2.17. The SMILES string of the molecule is CSN(C)c1ccccc1C(=O)Nc1ccc(S)cc1. The maximum atomic E-state index is 12.4. The summed E-state index contributed by atoms with van der Waals surface area (Å²) in [6.07, 6.45) is 1.97. The Bertz CT molecular complexity index is 599. The molecule has 2 aromatic carbocycles. The molecule has 0 bridgehead atoms. The Labute approximate surface area is 128 Å². The Hall–Kier alpha value is -1.59. The van der Waals surface area contributed by atoms with E-state index >= 15 is 0 Å². The van der Waals surface area contributed by atoms with Crippen LogP contribution < -0.4 is 9.62 Å². The minimum atomic E-state index is -0.117. The van der Waals surface area contributed by atoms with Gasteiger partial charge in [-0.3, -0.25) is 4.79 Å². The zero-order chi connectivity index (χ0) is 14.5. The molecule has 3 nitrogen and oxygen atoms in total. The minimum absolute atomic E-state index is 0.117. The Balaban J connectivity index is 2.23. The van der Waals surface area contributed by atoms with Gasteiger partial charge in [-0.25, -0.2) is 0 Å². The van der Waals surface area contributed by atoms with Crippen molar-refractivity contribution in [2.24, 2.45) is 0 Å². The summed E-state index contributed by atoms with van der Waals surface area (Å²) >= 11 is 5.79. The Kier molecular flexibility index (Phi) is 4.98. The first-order valence-corrected chi connectivity index (χ1v) is 7.72. The third kappa shape index (κ3) is 3.49.